The predicted octanol–water partition coefficient (Wildman–Crippen LogP) is 1.80. The summed E-state index contributed by atoms with van der Waals surface area (Å²) in [6, 6.07) is 0. The van der Waals surface area contributed by atoms with Crippen LogP contribution in [0.15, 0.2) is 12.4 Å². The van der Waals surface area contributed by atoms with E-state index in [0.717, 1.165) is 19.3 Å². The smallest absolute Gasteiger partial charge is 0.271 e. The summed E-state index contributed by atoms with van der Waals surface area (Å²) in [5.41, 5.74) is -0.640. The largest absolute Gasteiger partial charge is 0.388 e. The SMILES string of the molecule is CC1CCCC(O)(CNC(=O)c2cncc(Cl)n2)C1. The van der Waals surface area contributed by atoms with E-state index < -0.39 is 5.60 Å². The Morgan fingerprint density at radius 3 is 3.11 bits per heavy atom. The molecule has 104 valence electrons. The third kappa shape index (κ3) is 3.88. The van der Waals surface area contributed by atoms with E-state index in [1.54, 1.807) is 0 Å². The monoisotopic (exact) mass is 283 g/mol. The molecule has 2 unspecified atom stereocenters. The maximum absolute atomic E-state index is 11.9. The van der Waals surface area contributed by atoms with Gasteiger partial charge in [0.2, 0.25) is 0 Å². The van der Waals surface area contributed by atoms with Gasteiger partial charge in [0.1, 0.15) is 10.8 Å². The van der Waals surface area contributed by atoms with E-state index in [2.05, 4.69) is 22.2 Å². The zero-order chi connectivity index (χ0) is 13.9. The normalized spacial score (nSPS) is 27.0. The van der Waals surface area contributed by atoms with Gasteiger partial charge in [-0.3, -0.25) is 9.78 Å². The first-order valence-corrected chi connectivity index (χ1v) is 6.84. The summed E-state index contributed by atoms with van der Waals surface area (Å²) in [5, 5.41) is 13.3. The quantitative estimate of drug-likeness (QED) is 0.887. The standard InChI is InChI=1S/C13H18ClN3O2/c1-9-3-2-4-13(19,5-9)8-16-12(18)10-6-15-7-11(14)17-10/h6-7,9,19H,2-5,8H2,1H3,(H,16,18). The van der Waals surface area contributed by atoms with Crippen molar-refractivity contribution in [1.29, 1.82) is 0 Å². The van der Waals surface area contributed by atoms with E-state index in [1.165, 1.54) is 12.4 Å². The first-order chi connectivity index (χ1) is 8.98. The van der Waals surface area contributed by atoms with Gasteiger partial charge in [-0.25, -0.2) is 4.98 Å². The van der Waals surface area contributed by atoms with Gasteiger partial charge in [-0.15, -0.1) is 0 Å². The number of hydrogen-bond donors (Lipinski definition) is 2. The van der Waals surface area contributed by atoms with Gasteiger partial charge in [0.05, 0.1) is 18.0 Å². The Kier molecular flexibility index (Phi) is 4.37. The number of amides is 1. The summed E-state index contributed by atoms with van der Waals surface area (Å²) in [4.78, 5) is 19.6. The Bertz CT molecular complexity index is 469. The summed E-state index contributed by atoms with van der Waals surface area (Å²) in [5.74, 6) is 0.128. The number of carbonyl (C=O) groups is 1. The van der Waals surface area contributed by atoms with Crippen molar-refractivity contribution in [2.24, 2.45) is 5.92 Å². The van der Waals surface area contributed by atoms with E-state index >= 15 is 0 Å². The zero-order valence-electron chi connectivity index (χ0n) is 10.9. The van der Waals surface area contributed by atoms with Crippen LogP contribution in [0.25, 0.3) is 0 Å². The van der Waals surface area contributed by atoms with Gasteiger partial charge in [0.25, 0.3) is 5.91 Å². The van der Waals surface area contributed by atoms with Crippen LogP contribution in [-0.4, -0.2) is 33.1 Å². The minimum Gasteiger partial charge on any atom is -0.388 e. The van der Waals surface area contributed by atoms with Crippen molar-refractivity contribution in [1.82, 2.24) is 15.3 Å². The van der Waals surface area contributed by atoms with Crippen LogP contribution >= 0.6 is 11.6 Å². The van der Waals surface area contributed by atoms with E-state index in [1.807, 2.05) is 0 Å². The minimum atomic E-state index is -0.806. The number of carbonyl (C=O) groups excluding carboxylic acids is 1. The number of rotatable bonds is 3. The highest BCUT2D eigenvalue weighted by Crippen LogP contribution is 2.31. The Morgan fingerprint density at radius 2 is 2.42 bits per heavy atom. The molecule has 0 aliphatic heterocycles. The van der Waals surface area contributed by atoms with Gasteiger partial charge in [0, 0.05) is 6.54 Å². The molecule has 5 nitrogen and oxygen atoms in total. The van der Waals surface area contributed by atoms with Crippen LogP contribution < -0.4 is 5.32 Å². The van der Waals surface area contributed by atoms with Crippen LogP contribution in [0.4, 0.5) is 0 Å². The molecule has 0 bridgehead atoms. The number of nitrogens with one attached hydrogen (secondary N) is 1. The van der Waals surface area contributed by atoms with Gasteiger partial charge in [0.15, 0.2) is 0 Å². The number of hydrogen-bond acceptors (Lipinski definition) is 4. The number of nitrogens with zero attached hydrogens (tertiary/aromatic N) is 2. The molecule has 19 heavy (non-hydrogen) atoms. The van der Waals surface area contributed by atoms with Gasteiger partial charge in [-0.1, -0.05) is 31.4 Å². The van der Waals surface area contributed by atoms with Crippen molar-refractivity contribution in [2.75, 3.05) is 6.54 Å². The van der Waals surface area contributed by atoms with Crippen molar-refractivity contribution in [3.63, 3.8) is 0 Å². The first kappa shape index (κ1) is 14.2. The molecule has 1 aliphatic carbocycles. The number of aromatic nitrogens is 2. The topological polar surface area (TPSA) is 75.1 Å². The van der Waals surface area contributed by atoms with Crippen molar-refractivity contribution in [3.05, 3.63) is 23.2 Å². The molecule has 0 radical (unpaired) electrons. The molecule has 0 aromatic carbocycles. The summed E-state index contributed by atoms with van der Waals surface area (Å²) in [7, 11) is 0. The average molecular weight is 284 g/mol. The summed E-state index contributed by atoms with van der Waals surface area (Å²) in [6.45, 7) is 2.36. The van der Waals surface area contributed by atoms with E-state index in [9.17, 15) is 9.90 Å². The van der Waals surface area contributed by atoms with Crippen LogP contribution in [0.2, 0.25) is 5.15 Å². The highest BCUT2D eigenvalue weighted by atomic mass is 35.5. The summed E-state index contributed by atoms with van der Waals surface area (Å²) in [6.07, 6.45) is 6.29. The summed E-state index contributed by atoms with van der Waals surface area (Å²) >= 11 is 5.68. The Labute approximate surface area is 117 Å². The van der Waals surface area contributed by atoms with E-state index in [0.29, 0.717) is 12.3 Å². The fourth-order valence-electron chi connectivity index (χ4n) is 2.58. The van der Waals surface area contributed by atoms with Crippen LogP contribution in [-0.2, 0) is 0 Å². The molecule has 1 fully saturated rings. The lowest BCUT2D eigenvalue weighted by Gasteiger charge is -2.35. The lowest BCUT2D eigenvalue weighted by Crippen LogP contribution is -2.45. The highest BCUT2D eigenvalue weighted by Gasteiger charge is 2.33. The third-order valence-corrected chi connectivity index (χ3v) is 3.67. The molecular formula is C13H18ClN3O2. The Balaban J connectivity index is 1.93. The summed E-state index contributed by atoms with van der Waals surface area (Å²) < 4.78 is 0. The van der Waals surface area contributed by atoms with Gasteiger partial charge in [-0.05, 0) is 18.8 Å². The number of halogens is 1. The van der Waals surface area contributed by atoms with Gasteiger partial charge < -0.3 is 10.4 Å². The molecule has 1 aromatic heterocycles. The van der Waals surface area contributed by atoms with Crippen LogP contribution in [0.3, 0.4) is 0 Å². The molecule has 2 atom stereocenters. The lowest BCUT2D eigenvalue weighted by atomic mass is 9.79. The van der Waals surface area contributed by atoms with E-state index in [-0.39, 0.29) is 23.3 Å². The molecule has 6 heteroatoms. The molecule has 0 saturated heterocycles. The van der Waals surface area contributed by atoms with Crippen LogP contribution in [0, 0.1) is 5.92 Å². The van der Waals surface area contributed by atoms with E-state index in [4.69, 9.17) is 11.6 Å². The zero-order valence-corrected chi connectivity index (χ0v) is 11.7. The average Bonchev–Trinajstić information content (AvgIpc) is 2.36. The third-order valence-electron chi connectivity index (χ3n) is 3.48. The van der Waals surface area contributed by atoms with Crippen LogP contribution in [0.1, 0.15) is 43.1 Å². The molecule has 2 N–H and O–H groups in total. The van der Waals surface area contributed by atoms with Crippen LogP contribution in [0.5, 0.6) is 0 Å². The van der Waals surface area contributed by atoms with Gasteiger partial charge >= 0.3 is 0 Å². The molecule has 2 rings (SSSR count). The van der Waals surface area contributed by atoms with Gasteiger partial charge in [-0.2, -0.15) is 0 Å². The Hall–Kier alpha value is -1.20. The molecule has 1 aliphatic rings. The number of aliphatic hydroxyl groups is 1. The fourth-order valence-corrected chi connectivity index (χ4v) is 2.73. The highest BCUT2D eigenvalue weighted by molar-refractivity contribution is 6.29. The predicted molar refractivity (Wildman–Crippen MR) is 72.0 cm³/mol. The second-order valence-electron chi connectivity index (χ2n) is 5.34. The molecule has 1 saturated carbocycles. The lowest BCUT2D eigenvalue weighted by molar-refractivity contribution is -0.0109. The molecular weight excluding hydrogens is 266 g/mol. The minimum absolute atomic E-state index is 0.167. The van der Waals surface area contributed by atoms with Crippen molar-refractivity contribution < 1.29 is 9.90 Å². The molecule has 0 spiro atoms. The van der Waals surface area contributed by atoms with Crippen molar-refractivity contribution >= 4 is 17.5 Å². The Morgan fingerprint density at radius 1 is 1.63 bits per heavy atom. The van der Waals surface area contributed by atoms with Crippen molar-refractivity contribution in [2.45, 2.75) is 38.2 Å². The fraction of sp³-hybridized carbons (Fsp3) is 0.615. The maximum atomic E-state index is 11.9. The first-order valence-electron chi connectivity index (χ1n) is 6.47. The second kappa shape index (κ2) is 5.84. The molecule has 1 aromatic rings. The maximum Gasteiger partial charge on any atom is 0.271 e. The second-order valence-corrected chi connectivity index (χ2v) is 5.72. The molecule has 1 amide bonds. The van der Waals surface area contributed by atoms with Crippen molar-refractivity contribution in [3.8, 4) is 0 Å². The molecule has 1 heterocycles.